The van der Waals surface area contributed by atoms with Gasteiger partial charge < -0.3 is 9.64 Å². The minimum Gasteiger partial charge on any atom is -0.439 e. The molecule has 0 unspecified atom stereocenters. The molecule has 2 heterocycles. The third kappa shape index (κ3) is 4.44. The number of hydrogen-bond acceptors (Lipinski definition) is 6. The van der Waals surface area contributed by atoms with Crippen LogP contribution in [0.1, 0.15) is 11.4 Å². The Hall–Kier alpha value is -2.97. The number of anilines is 1. The molecule has 1 saturated heterocycles. The molecule has 3 aromatic rings. The van der Waals surface area contributed by atoms with Crippen LogP contribution in [-0.4, -0.2) is 48.9 Å². The zero-order valence-corrected chi connectivity index (χ0v) is 17.8. The zero-order chi connectivity index (χ0) is 21.1. The van der Waals surface area contributed by atoms with E-state index < -0.39 is 10.0 Å². The average molecular weight is 425 g/mol. The zero-order valence-electron chi connectivity index (χ0n) is 17.0. The Morgan fingerprint density at radius 1 is 0.867 bits per heavy atom. The van der Waals surface area contributed by atoms with Crippen LogP contribution in [0.15, 0.2) is 65.6 Å². The summed E-state index contributed by atoms with van der Waals surface area (Å²) in [4.78, 5) is 11.3. The van der Waals surface area contributed by atoms with Gasteiger partial charge in [0.05, 0.1) is 4.90 Å². The quantitative estimate of drug-likeness (QED) is 0.625. The second kappa shape index (κ2) is 8.41. The molecule has 156 valence electrons. The predicted octanol–water partition coefficient (Wildman–Crippen LogP) is 3.40. The maximum absolute atomic E-state index is 12.9. The molecule has 0 N–H and O–H groups in total. The van der Waals surface area contributed by atoms with Crippen LogP contribution in [0.5, 0.6) is 11.6 Å². The van der Waals surface area contributed by atoms with Crippen molar-refractivity contribution in [2.75, 3.05) is 31.1 Å². The standard InChI is InChI=1S/C22H24N4O3S/c1-17-8-10-20(11-9-17)30(27,28)26-14-12-25(13-15-26)21-16-22(24-18(2)23-21)29-19-6-4-3-5-7-19/h3-11,16H,12-15H2,1-2H3. The first kappa shape index (κ1) is 20.3. The van der Waals surface area contributed by atoms with E-state index in [1.54, 1.807) is 18.2 Å². The number of benzene rings is 2. The maximum Gasteiger partial charge on any atom is 0.243 e. The SMILES string of the molecule is Cc1ccc(S(=O)(=O)N2CCN(c3cc(Oc4ccccc4)nc(C)n3)CC2)cc1. The lowest BCUT2D eigenvalue weighted by Gasteiger charge is -2.34. The van der Waals surface area contributed by atoms with E-state index in [9.17, 15) is 8.42 Å². The minimum absolute atomic E-state index is 0.331. The van der Waals surface area contributed by atoms with Crippen molar-refractivity contribution in [1.29, 1.82) is 0 Å². The summed E-state index contributed by atoms with van der Waals surface area (Å²) < 4.78 is 33.2. The van der Waals surface area contributed by atoms with Crippen molar-refractivity contribution in [2.24, 2.45) is 0 Å². The monoisotopic (exact) mass is 424 g/mol. The summed E-state index contributed by atoms with van der Waals surface area (Å²) in [5, 5.41) is 0. The topological polar surface area (TPSA) is 75.6 Å². The fourth-order valence-electron chi connectivity index (χ4n) is 3.37. The van der Waals surface area contributed by atoms with E-state index in [1.807, 2.05) is 56.3 Å². The number of aryl methyl sites for hydroxylation is 2. The van der Waals surface area contributed by atoms with Gasteiger partial charge in [-0.05, 0) is 38.1 Å². The van der Waals surface area contributed by atoms with Gasteiger partial charge in [-0.2, -0.15) is 9.29 Å². The Balaban J connectivity index is 1.47. The van der Waals surface area contributed by atoms with Crippen molar-refractivity contribution < 1.29 is 13.2 Å². The van der Waals surface area contributed by atoms with E-state index >= 15 is 0 Å². The van der Waals surface area contributed by atoms with Crippen LogP contribution in [0.3, 0.4) is 0 Å². The fourth-order valence-corrected chi connectivity index (χ4v) is 4.79. The highest BCUT2D eigenvalue weighted by Gasteiger charge is 2.29. The number of ether oxygens (including phenoxy) is 1. The Morgan fingerprint density at radius 2 is 1.53 bits per heavy atom. The molecule has 2 aromatic carbocycles. The molecule has 0 bridgehead atoms. The van der Waals surface area contributed by atoms with Gasteiger partial charge in [-0.15, -0.1) is 0 Å². The van der Waals surface area contributed by atoms with E-state index in [0.717, 1.165) is 11.4 Å². The number of sulfonamides is 1. The molecule has 0 radical (unpaired) electrons. The summed E-state index contributed by atoms with van der Waals surface area (Å²) in [5.41, 5.74) is 1.03. The molecular weight excluding hydrogens is 400 g/mol. The third-order valence-corrected chi connectivity index (χ3v) is 6.90. The van der Waals surface area contributed by atoms with Crippen LogP contribution in [0.25, 0.3) is 0 Å². The minimum atomic E-state index is -3.49. The van der Waals surface area contributed by atoms with E-state index in [0.29, 0.717) is 48.5 Å². The lowest BCUT2D eigenvalue weighted by atomic mass is 10.2. The number of rotatable bonds is 5. The molecule has 0 saturated carbocycles. The van der Waals surface area contributed by atoms with Gasteiger partial charge in [0.2, 0.25) is 15.9 Å². The van der Waals surface area contributed by atoms with E-state index in [4.69, 9.17) is 4.74 Å². The molecule has 0 aliphatic carbocycles. The molecule has 1 fully saturated rings. The summed E-state index contributed by atoms with van der Waals surface area (Å²) in [7, 11) is -3.49. The first-order chi connectivity index (χ1) is 14.4. The van der Waals surface area contributed by atoms with Crippen LogP contribution in [-0.2, 0) is 10.0 Å². The molecular formula is C22H24N4O3S. The Labute approximate surface area is 177 Å². The molecule has 7 nitrogen and oxygen atoms in total. The molecule has 1 aromatic heterocycles. The van der Waals surface area contributed by atoms with Gasteiger partial charge in [-0.1, -0.05) is 35.9 Å². The van der Waals surface area contributed by atoms with Crippen molar-refractivity contribution in [3.63, 3.8) is 0 Å². The highest BCUT2D eigenvalue weighted by atomic mass is 32.2. The lowest BCUT2D eigenvalue weighted by molar-refractivity contribution is 0.383. The fraction of sp³-hybridized carbons (Fsp3) is 0.273. The Bertz CT molecular complexity index is 1110. The smallest absolute Gasteiger partial charge is 0.243 e. The van der Waals surface area contributed by atoms with Gasteiger partial charge in [0.15, 0.2) is 0 Å². The maximum atomic E-state index is 12.9. The molecule has 4 rings (SSSR count). The van der Waals surface area contributed by atoms with Gasteiger partial charge >= 0.3 is 0 Å². The van der Waals surface area contributed by atoms with Gasteiger partial charge in [0, 0.05) is 32.2 Å². The van der Waals surface area contributed by atoms with Crippen molar-refractivity contribution in [2.45, 2.75) is 18.7 Å². The van der Waals surface area contributed by atoms with Crippen molar-refractivity contribution in [1.82, 2.24) is 14.3 Å². The highest BCUT2D eigenvalue weighted by molar-refractivity contribution is 7.89. The lowest BCUT2D eigenvalue weighted by Crippen LogP contribution is -2.49. The normalized spacial score (nSPS) is 15.2. The second-order valence-corrected chi connectivity index (χ2v) is 9.17. The molecule has 0 atom stereocenters. The molecule has 1 aliphatic rings. The molecule has 30 heavy (non-hydrogen) atoms. The number of para-hydroxylation sites is 1. The number of hydrogen-bond donors (Lipinski definition) is 0. The number of aromatic nitrogens is 2. The Morgan fingerprint density at radius 3 is 2.20 bits per heavy atom. The van der Waals surface area contributed by atoms with Gasteiger partial charge in [-0.25, -0.2) is 13.4 Å². The van der Waals surface area contributed by atoms with Crippen LogP contribution < -0.4 is 9.64 Å². The third-order valence-electron chi connectivity index (χ3n) is 4.99. The van der Waals surface area contributed by atoms with Crippen LogP contribution in [0.2, 0.25) is 0 Å². The first-order valence-electron chi connectivity index (χ1n) is 9.82. The van der Waals surface area contributed by atoms with E-state index in [2.05, 4.69) is 14.9 Å². The molecule has 1 aliphatic heterocycles. The first-order valence-corrected chi connectivity index (χ1v) is 11.3. The molecule has 0 amide bonds. The van der Waals surface area contributed by atoms with Crippen LogP contribution in [0.4, 0.5) is 5.82 Å². The number of piperazine rings is 1. The summed E-state index contributed by atoms with van der Waals surface area (Å²) in [6.07, 6.45) is 0. The average Bonchev–Trinajstić information content (AvgIpc) is 2.74. The van der Waals surface area contributed by atoms with Crippen LogP contribution >= 0.6 is 0 Å². The number of nitrogens with zero attached hydrogens (tertiary/aromatic N) is 4. The predicted molar refractivity (Wildman–Crippen MR) is 115 cm³/mol. The van der Waals surface area contributed by atoms with Gasteiger partial charge in [0.1, 0.15) is 17.4 Å². The van der Waals surface area contributed by atoms with E-state index in [-0.39, 0.29) is 0 Å². The van der Waals surface area contributed by atoms with Crippen LogP contribution in [0, 0.1) is 13.8 Å². The van der Waals surface area contributed by atoms with Gasteiger partial charge in [-0.3, -0.25) is 0 Å². The van der Waals surface area contributed by atoms with Crippen molar-refractivity contribution >= 4 is 15.8 Å². The summed E-state index contributed by atoms with van der Waals surface area (Å²) >= 11 is 0. The summed E-state index contributed by atoms with van der Waals surface area (Å²) in [6, 6.07) is 18.2. The van der Waals surface area contributed by atoms with E-state index in [1.165, 1.54) is 4.31 Å². The molecule has 8 heteroatoms. The Kier molecular flexibility index (Phi) is 5.69. The largest absolute Gasteiger partial charge is 0.439 e. The summed E-state index contributed by atoms with van der Waals surface area (Å²) in [5.74, 6) is 2.52. The highest BCUT2D eigenvalue weighted by Crippen LogP contribution is 2.25. The van der Waals surface area contributed by atoms with Gasteiger partial charge in [0.25, 0.3) is 0 Å². The summed E-state index contributed by atoms with van der Waals surface area (Å²) in [6.45, 7) is 5.65. The van der Waals surface area contributed by atoms with Crippen molar-refractivity contribution in [3.05, 3.63) is 72.1 Å². The van der Waals surface area contributed by atoms with Crippen molar-refractivity contribution in [3.8, 4) is 11.6 Å². The molecule has 0 spiro atoms. The second-order valence-electron chi connectivity index (χ2n) is 7.23.